The zero-order chi connectivity index (χ0) is 16.6. The largest absolute Gasteiger partial charge is 0.342 e. The minimum absolute atomic E-state index is 0.258. The zero-order valence-corrected chi connectivity index (χ0v) is 13.0. The highest BCUT2D eigenvalue weighted by molar-refractivity contribution is 7.92. The van der Waals surface area contributed by atoms with Gasteiger partial charge in [0.25, 0.3) is 15.1 Å². The number of hydrogen-bond acceptors (Lipinski definition) is 6. The number of nitrogens with zero attached hydrogens (tertiary/aromatic N) is 4. The number of sulfonamides is 1. The highest BCUT2D eigenvalue weighted by atomic mass is 32.2. The van der Waals surface area contributed by atoms with E-state index in [9.17, 15) is 8.42 Å². The van der Waals surface area contributed by atoms with E-state index in [4.69, 9.17) is 4.52 Å². The Morgan fingerprint density at radius 1 is 1.12 bits per heavy atom. The van der Waals surface area contributed by atoms with Gasteiger partial charge in [-0.3, -0.25) is 4.72 Å². The molecule has 3 heterocycles. The molecule has 0 aliphatic carbocycles. The second kappa shape index (κ2) is 5.46. The smallest absolute Gasteiger partial charge is 0.298 e. The van der Waals surface area contributed by atoms with Crippen LogP contribution in [0.15, 0.2) is 70.7 Å². The third-order valence-corrected chi connectivity index (χ3v) is 4.56. The molecule has 0 atom stereocenters. The van der Waals surface area contributed by atoms with Crippen molar-refractivity contribution in [2.24, 2.45) is 0 Å². The summed E-state index contributed by atoms with van der Waals surface area (Å²) in [5, 5.41) is 7.56. The van der Waals surface area contributed by atoms with Gasteiger partial charge < -0.3 is 4.52 Å². The van der Waals surface area contributed by atoms with Crippen LogP contribution in [0.1, 0.15) is 0 Å². The zero-order valence-electron chi connectivity index (χ0n) is 12.2. The van der Waals surface area contributed by atoms with E-state index in [2.05, 4.69) is 20.0 Å². The van der Waals surface area contributed by atoms with Crippen LogP contribution >= 0.6 is 0 Å². The van der Waals surface area contributed by atoms with Gasteiger partial charge in [0, 0.05) is 24.0 Å². The Bertz CT molecular complexity index is 1100. The number of aromatic nitrogens is 4. The van der Waals surface area contributed by atoms with Gasteiger partial charge in [-0.05, 0) is 6.07 Å². The van der Waals surface area contributed by atoms with Crippen molar-refractivity contribution in [1.82, 2.24) is 19.8 Å². The fourth-order valence-electron chi connectivity index (χ4n) is 2.22. The van der Waals surface area contributed by atoms with Gasteiger partial charge in [0.1, 0.15) is 11.4 Å². The summed E-state index contributed by atoms with van der Waals surface area (Å²) in [6, 6.07) is 12.2. The Morgan fingerprint density at radius 3 is 2.79 bits per heavy atom. The third-order valence-electron chi connectivity index (χ3n) is 3.35. The number of fused-ring (bicyclic) bond motifs is 1. The summed E-state index contributed by atoms with van der Waals surface area (Å²) in [4.78, 5) is 4.10. The number of nitrogens with one attached hydrogen (secondary N) is 1. The molecule has 0 amide bonds. The molecule has 0 radical (unpaired) electrons. The van der Waals surface area contributed by atoms with Crippen LogP contribution in [0, 0.1) is 0 Å². The quantitative estimate of drug-likeness (QED) is 0.610. The van der Waals surface area contributed by atoms with Gasteiger partial charge in [-0.1, -0.05) is 35.5 Å². The first-order valence-electron chi connectivity index (χ1n) is 6.97. The van der Waals surface area contributed by atoms with Crippen LogP contribution in [-0.2, 0) is 10.0 Å². The highest BCUT2D eigenvalue weighted by Gasteiger charge is 2.23. The van der Waals surface area contributed by atoms with E-state index in [1.54, 1.807) is 18.5 Å². The molecule has 1 aromatic carbocycles. The molecule has 8 nitrogen and oxygen atoms in total. The normalized spacial score (nSPS) is 11.7. The summed E-state index contributed by atoms with van der Waals surface area (Å²) < 4.78 is 33.8. The van der Waals surface area contributed by atoms with Gasteiger partial charge in [0.05, 0.1) is 6.20 Å². The minimum Gasteiger partial charge on any atom is -0.342 e. The topological polar surface area (TPSA) is 102 Å². The van der Waals surface area contributed by atoms with Crippen molar-refractivity contribution in [1.29, 1.82) is 0 Å². The van der Waals surface area contributed by atoms with Crippen molar-refractivity contribution < 1.29 is 12.9 Å². The van der Waals surface area contributed by atoms with Gasteiger partial charge in [-0.25, -0.2) is 9.50 Å². The maximum absolute atomic E-state index is 12.5. The molecule has 0 aliphatic heterocycles. The van der Waals surface area contributed by atoms with E-state index in [1.165, 1.54) is 16.8 Å². The van der Waals surface area contributed by atoms with Crippen molar-refractivity contribution in [2.45, 2.75) is 5.09 Å². The maximum atomic E-state index is 12.5. The van der Waals surface area contributed by atoms with Gasteiger partial charge in [-0.15, -0.1) is 0 Å². The third kappa shape index (κ3) is 2.50. The summed E-state index contributed by atoms with van der Waals surface area (Å²) in [7, 11) is -3.93. The predicted octanol–water partition coefficient (Wildman–Crippen LogP) is 2.19. The number of anilines is 1. The molecule has 0 fully saturated rings. The molecule has 0 spiro atoms. The van der Waals surface area contributed by atoms with Gasteiger partial charge in [0.2, 0.25) is 0 Å². The summed E-state index contributed by atoms with van der Waals surface area (Å²) >= 11 is 0. The predicted molar refractivity (Wildman–Crippen MR) is 85.7 cm³/mol. The van der Waals surface area contributed by atoms with Crippen LogP contribution in [0.3, 0.4) is 0 Å². The Labute approximate surface area is 136 Å². The lowest BCUT2D eigenvalue weighted by molar-refractivity contribution is 0.341. The van der Waals surface area contributed by atoms with Gasteiger partial charge in [0.15, 0.2) is 5.65 Å². The van der Waals surface area contributed by atoms with Crippen molar-refractivity contribution >= 4 is 21.4 Å². The second-order valence-electron chi connectivity index (χ2n) is 4.95. The first-order valence-corrected chi connectivity index (χ1v) is 8.45. The molecule has 0 saturated heterocycles. The average molecular weight is 341 g/mol. The van der Waals surface area contributed by atoms with Crippen molar-refractivity contribution in [3.8, 4) is 11.3 Å². The molecule has 0 bridgehead atoms. The van der Waals surface area contributed by atoms with E-state index in [1.807, 2.05) is 30.3 Å². The molecule has 0 unspecified atom stereocenters. The molecule has 4 rings (SSSR count). The number of rotatable bonds is 4. The maximum Gasteiger partial charge on any atom is 0.298 e. The fourth-order valence-corrected chi connectivity index (χ4v) is 3.16. The van der Waals surface area contributed by atoms with Crippen molar-refractivity contribution in [2.75, 3.05) is 4.72 Å². The van der Waals surface area contributed by atoms with Gasteiger partial charge in [-0.2, -0.15) is 13.5 Å². The molecule has 4 aromatic rings. The first kappa shape index (κ1) is 14.4. The van der Waals surface area contributed by atoms with Crippen LogP contribution in [0.2, 0.25) is 0 Å². The van der Waals surface area contributed by atoms with Crippen LogP contribution in [0.5, 0.6) is 0 Å². The molecule has 0 aliphatic rings. The van der Waals surface area contributed by atoms with Crippen LogP contribution < -0.4 is 4.72 Å². The fraction of sp³-hybridized carbons (Fsp3) is 0. The Balaban J connectivity index is 1.67. The molecule has 9 heteroatoms. The van der Waals surface area contributed by atoms with E-state index >= 15 is 0 Å². The lowest BCUT2D eigenvalue weighted by Crippen LogP contribution is -2.12. The van der Waals surface area contributed by atoms with Crippen LogP contribution in [0.4, 0.5) is 5.69 Å². The molecule has 120 valence electrons. The second-order valence-corrected chi connectivity index (χ2v) is 6.56. The molecule has 0 saturated carbocycles. The minimum atomic E-state index is -3.93. The number of benzene rings is 1. The van der Waals surface area contributed by atoms with E-state index in [0.29, 0.717) is 11.3 Å². The van der Waals surface area contributed by atoms with E-state index in [-0.39, 0.29) is 10.8 Å². The summed E-state index contributed by atoms with van der Waals surface area (Å²) in [6.45, 7) is 0. The molecule has 24 heavy (non-hydrogen) atoms. The van der Waals surface area contributed by atoms with Gasteiger partial charge >= 0.3 is 0 Å². The number of hydrogen-bond donors (Lipinski definition) is 1. The first-order chi connectivity index (χ1) is 11.6. The SMILES string of the molecule is O=S(=O)(Nc1cnn2cccnc12)c1cc(-c2ccccc2)no1. The van der Waals surface area contributed by atoms with Crippen LogP contribution in [0.25, 0.3) is 16.9 Å². The monoisotopic (exact) mass is 341 g/mol. The summed E-state index contributed by atoms with van der Waals surface area (Å²) in [5.41, 5.74) is 1.85. The Morgan fingerprint density at radius 2 is 1.96 bits per heavy atom. The standard InChI is InChI=1S/C15H11N5O3S/c21-24(22,19-13-10-17-20-8-4-7-16-15(13)20)14-9-12(18-23-14)11-5-2-1-3-6-11/h1-10,19H. The van der Waals surface area contributed by atoms with Crippen molar-refractivity contribution in [3.63, 3.8) is 0 Å². The van der Waals surface area contributed by atoms with E-state index < -0.39 is 10.0 Å². The molecular formula is C15H11N5O3S. The lowest BCUT2D eigenvalue weighted by Gasteiger charge is -2.01. The Kier molecular flexibility index (Phi) is 3.28. The molecular weight excluding hydrogens is 330 g/mol. The summed E-state index contributed by atoms with van der Waals surface area (Å²) in [6.07, 6.45) is 4.60. The lowest BCUT2D eigenvalue weighted by atomic mass is 10.2. The molecule has 1 N–H and O–H groups in total. The van der Waals surface area contributed by atoms with E-state index in [0.717, 1.165) is 5.56 Å². The average Bonchev–Trinajstić information content (AvgIpc) is 3.24. The van der Waals surface area contributed by atoms with Crippen molar-refractivity contribution in [3.05, 3.63) is 61.1 Å². The Hall–Kier alpha value is -3.20. The summed E-state index contributed by atoms with van der Waals surface area (Å²) in [5.74, 6) is 0. The van der Waals surface area contributed by atoms with Crippen LogP contribution in [-0.4, -0.2) is 28.2 Å². The molecule has 3 aromatic heterocycles. The highest BCUT2D eigenvalue weighted by Crippen LogP contribution is 2.24.